The first kappa shape index (κ1) is 21.6. The maximum Gasteiger partial charge on any atom is 0.333 e. The van der Waals surface area contributed by atoms with Gasteiger partial charge in [-0.25, -0.2) is 4.79 Å². The quantitative estimate of drug-likeness (QED) is 0.454. The van der Waals surface area contributed by atoms with E-state index in [1.807, 2.05) is 19.1 Å². The predicted octanol–water partition coefficient (Wildman–Crippen LogP) is 4.63. The van der Waals surface area contributed by atoms with Gasteiger partial charge in [0, 0.05) is 28.6 Å². The van der Waals surface area contributed by atoms with E-state index >= 15 is 0 Å². The third-order valence-corrected chi connectivity index (χ3v) is 7.03. The normalized spacial score (nSPS) is 38.1. The van der Waals surface area contributed by atoms with Crippen molar-refractivity contribution in [3.63, 3.8) is 0 Å². The summed E-state index contributed by atoms with van der Waals surface area (Å²) in [5.74, 6) is 0.685. The number of carbonyl (C=O) groups is 1. The molecule has 1 spiro atoms. The molecule has 1 aliphatic carbocycles. The zero-order chi connectivity index (χ0) is 20.1. The van der Waals surface area contributed by atoms with Gasteiger partial charge in [-0.1, -0.05) is 49.6 Å². The molecule has 28 heavy (non-hydrogen) atoms. The minimum absolute atomic E-state index is 0.182. The molecule has 2 bridgehead atoms. The third kappa shape index (κ3) is 5.28. The van der Waals surface area contributed by atoms with Crippen molar-refractivity contribution in [1.82, 2.24) is 5.32 Å². The van der Waals surface area contributed by atoms with Gasteiger partial charge in [0.05, 0.1) is 12.7 Å². The summed E-state index contributed by atoms with van der Waals surface area (Å²) in [7, 11) is 0. The number of rotatable bonds is 0. The summed E-state index contributed by atoms with van der Waals surface area (Å²) in [5.41, 5.74) is 0.838. The van der Waals surface area contributed by atoms with Gasteiger partial charge in [-0.15, -0.1) is 0 Å². The Hall–Kier alpha value is -1.10. The molecule has 3 aliphatic rings. The van der Waals surface area contributed by atoms with Crippen LogP contribution in [-0.2, 0) is 9.53 Å². The number of halogens is 1. The fraction of sp³-hybridized carbons (Fsp3) is 0.696. The second-order valence-corrected chi connectivity index (χ2v) is 9.23. The SMILES string of the molecule is CC1=CCC2CCCC3(CCCC3C(C)C=CC(O)C=C(Cl)CCOC1=O)N2. The molecule has 2 heterocycles. The molecular formula is C23H34ClNO3. The minimum atomic E-state index is -0.715. The van der Waals surface area contributed by atoms with E-state index in [1.54, 1.807) is 6.08 Å². The molecule has 0 amide bonds. The number of hydrogen-bond acceptors (Lipinski definition) is 4. The van der Waals surface area contributed by atoms with Crippen LogP contribution in [0.2, 0.25) is 0 Å². The third-order valence-electron chi connectivity index (χ3n) is 6.72. The molecule has 0 radical (unpaired) electrons. The van der Waals surface area contributed by atoms with Crippen LogP contribution in [0.25, 0.3) is 0 Å². The largest absolute Gasteiger partial charge is 0.462 e. The van der Waals surface area contributed by atoms with Crippen molar-refractivity contribution in [3.8, 4) is 0 Å². The number of hydrogen-bond donors (Lipinski definition) is 2. The second-order valence-electron chi connectivity index (χ2n) is 8.75. The Morgan fingerprint density at radius 2 is 2.00 bits per heavy atom. The first-order valence-corrected chi connectivity index (χ1v) is 11.1. The van der Waals surface area contributed by atoms with Crippen molar-refractivity contribution in [2.75, 3.05) is 6.61 Å². The summed E-state index contributed by atoms with van der Waals surface area (Å²) < 4.78 is 5.32. The Morgan fingerprint density at radius 1 is 1.25 bits per heavy atom. The van der Waals surface area contributed by atoms with E-state index in [4.69, 9.17) is 16.3 Å². The molecule has 156 valence electrons. The Balaban J connectivity index is 1.84. The lowest BCUT2D eigenvalue weighted by atomic mass is 9.72. The fourth-order valence-corrected chi connectivity index (χ4v) is 5.46. The number of piperidine rings is 1. The van der Waals surface area contributed by atoms with E-state index in [9.17, 15) is 9.90 Å². The number of allylic oxidation sites excluding steroid dienone is 1. The zero-order valence-electron chi connectivity index (χ0n) is 17.1. The Bertz CT molecular complexity index is 656. The molecular weight excluding hydrogens is 374 g/mol. The number of carbonyl (C=O) groups excluding carboxylic acids is 1. The van der Waals surface area contributed by atoms with Crippen LogP contribution < -0.4 is 5.32 Å². The first-order valence-electron chi connectivity index (χ1n) is 10.7. The van der Waals surface area contributed by atoms with E-state index in [2.05, 4.69) is 18.3 Å². The van der Waals surface area contributed by atoms with Gasteiger partial charge in [-0.2, -0.15) is 0 Å². The topological polar surface area (TPSA) is 58.6 Å². The van der Waals surface area contributed by atoms with Gasteiger partial charge in [-0.3, -0.25) is 0 Å². The van der Waals surface area contributed by atoms with E-state index < -0.39 is 6.10 Å². The average molecular weight is 408 g/mol. The second kappa shape index (κ2) is 9.60. The minimum Gasteiger partial charge on any atom is -0.462 e. The number of fused-ring (bicyclic) bond motifs is 1. The Kier molecular flexibility index (Phi) is 7.41. The highest BCUT2D eigenvalue weighted by Crippen LogP contribution is 2.46. The monoisotopic (exact) mass is 407 g/mol. The molecule has 1 saturated carbocycles. The summed E-state index contributed by atoms with van der Waals surface area (Å²) >= 11 is 6.20. The van der Waals surface area contributed by atoms with Gasteiger partial charge >= 0.3 is 5.97 Å². The van der Waals surface area contributed by atoms with Crippen molar-refractivity contribution in [2.24, 2.45) is 11.8 Å². The lowest BCUT2D eigenvalue weighted by Crippen LogP contribution is -2.56. The molecule has 0 aromatic carbocycles. The van der Waals surface area contributed by atoms with Crippen LogP contribution in [0.4, 0.5) is 0 Å². The van der Waals surface area contributed by atoms with Gasteiger partial charge in [0.2, 0.25) is 0 Å². The molecule has 0 aromatic heterocycles. The van der Waals surface area contributed by atoms with Crippen LogP contribution in [0.1, 0.15) is 65.2 Å². The number of nitrogens with one attached hydrogen (secondary N) is 1. The maximum absolute atomic E-state index is 12.2. The molecule has 5 atom stereocenters. The van der Waals surface area contributed by atoms with Crippen LogP contribution in [0.5, 0.6) is 0 Å². The predicted molar refractivity (Wildman–Crippen MR) is 113 cm³/mol. The van der Waals surface area contributed by atoms with Gasteiger partial charge in [0.1, 0.15) is 0 Å². The molecule has 0 aromatic rings. The van der Waals surface area contributed by atoms with Crippen molar-refractivity contribution in [3.05, 3.63) is 34.9 Å². The highest BCUT2D eigenvalue weighted by Gasteiger charge is 2.46. The molecule has 2 aliphatic heterocycles. The smallest absolute Gasteiger partial charge is 0.333 e. The lowest BCUT2D eigenvalue weighted by molar-refractivity contribution is -0.138. The number of ether oxygens (including phenoxy) is 1. The maximum atomic E-state index is 12.2. The van der Waals surface area contributed by atoms with Crippen molar-refractivity contribution < 1.29 is 14.6 Å². The number of aliphatic hydroxyl groups is 1. The van der Waals surface area contributed by atoms with Gasteiger partial charge in [-0.05, 0) is 56.9 Å². The number of esters is 1. The van der Waals surface area contributed by atoms with Crippen molar-refractivity contribution in [1.29, 1.82) is 0 Å². The van der Waals surface area contributed by atoms with Crippen molar-refractivity contribution >= 4 is 17.6 Å². The summed E-state index contributed by atoms with van der Waals surface area (Å²) in [4.78, 5) is 12.2. The summed E-state index contributed by atoms with van der Waals surface area (Å²) in [6.07, 6.45) is 15.5. The molecule has 2 N–H and O–H groups in total. The summed E-state index contributed by atoms with van der Waals surface area (Å²) in [5, 5.41) is 14.8. The first-order chi connectivity index (χ1) is 13.4. The van der Waals surface area contributed by atoms with Crippen LogP contribution in [0, 0.1) is 11.8 Å². The standard InChI is InChI=1S/C23H34ClNO3/c1-16-8-10-20(26)15-18(24)11-14-28-22(27)17(2)7-9-19-5-3-12-23(25-19)13-4-6-21(16)23/h7-8,10,15-16,19-21,25-26H,3-6,9,11-14H2,1-2H3. The lowest BCUT2D eigenvalue weighted by Gasteiger charge is -2.45. The number of cyclic esters (lactones) is 1. The fourth-order valence-electron chi connectivity index (χ4n) is 5.25. The van der Waals surface area contributed by atoms with E-state index in [0.29, 0.717) is 34.9 Å². The van der Waals surface area contributed by atoms with Crippen LogP contribution >= 0.6 is 11.6 Å². The van der Waals surface area contributed by atoms with Gasteiger partial charge in [0.15, 0.2) is 0 Å². The van der Waals surface area contributed by atoms with Crippen LogP contribution in [0.15, 0.2) is 34.9 Å². The average Bonchev–Trinajstić information content (AvgIpc) is 3.06. The van der Waals surface area contributed by atoms with E-state index in [1.165, 1.54) is 32.1 Å². The summed E-state index contributed by atoms with van der Waals surface area (Å²) in [6, 6.07) is 0.408. The highest BCUT2D eigenvalue weighted by molar-refractivity contribution is 6.29. The molecule has 1 saturated heterocycles. The van der Waals surface area contributed by atoms with Crippen LogP contribution in [-0.4, -0.2) is 35.4 Å². The Labute approximate surface area is 174 Å². The number of aliphatic hydroxyl groups excluding tert-OH is 1. The van der Waals surface area contributed by atoms with Crippen LogP contribution in [0.3, 0.4) is 0 Å². The molecule has 4 nitrogen and oxygen atoms in total. The molecule has 5 heteroatoms. The Morgan fingerprint density at radius 3 is 2.79 bits per heavy atom. The molecule has 5 unspecified atom stereocenters. The van der Waals surface area contributed by atoms with Crippen molar-refractivity contribution in [2.45, 2.75) is 82.9 Å². The molecule has 3 rings (SSSR count). The van der Waals surface area contributed by atoms with Gasteiger partial charge < -0.3 is 15.2 Å². The van der Waals surface area contributed by atoms with Gasteiger partial charge in [0.25, 0.3) is 0 Å². The molecule has 2 fully saturated rings. The summed E-state index contributed by atoms with van der Waals surface area (Å²) in [6.45, 7) is 4.31. The van der Waals surface area contributed by atoms with E-state index in [-0.39, 0.29) is 18.1 Å². The zero-order valence-corrected chi connectivity index (χ0v) is 17.9. The highest BCUT2D eigenvalue weighted by atomic mass is 35.5. The van der Waals surface area contributed by atoms with E-state index in [0.717, 1.165) is 12.8 Å².